The fourth-order valence-electron chi connectivity index (χ4n) is 1.83. The van der Waals surface area contributed by atoms with Crippen LogP contribution in [-0.4, -0.2) is 0 Å². The molecule has 0 aliphatic carbocycles. The van der Waals surface area contributed by atoms with Crippen LogP contribution in [0, 0.1) is 19.7 Å². The molecule has 0 radical (unpaired) electrons. The molecule has 0 aliphatic rings. The van der Waals surface area contributed by atoms with Crippen molar-refractivity contribution in [1.82, 2.24) is 0 Å². The number of hydrogen-bond acceptors (Lipinski definition) is 2. The average molecular weight is 245 g/mol. The van der Waals surface area contributed by atoms with Crippen molar-refractivity contribution in [2.45, 2.75) is 20.5 Å². The SMILES string of the molecule is Cc1cccc(C)c1COc1ccc(N)c(F)c1. The highest BCUT2D eigenvalue weighted by atomic mass is 19.1. The van der Waals surface area contributed by atoms with E-state index in [2.05, 4.69) is 0 Å². The van der Waals surface area contributed by atoms with E-state index in [4.69, 9.17) is 10.5 Å². The summed E-state index contributed by atoms with van der Waals surface area (Å²) in [5, 5.41) is 0. The predicted molar refractivity (Wildman–Crippen MR) is 71.1 cm³/mol. The molecule has 0 spiro atoms. The summed E-state index contributed by atoms with van der Waals surface area (Å²) in [5.41, 5.74) is 9.03. The minimum atomic E-state index is -0.450. The van der Waals surface area contributed by atoms with Gasteiger partial charge in [-0.25, -0.2) is 4.39 Å². The fourth-order valence-corrected chi connectivity index (χ4v) is 1.83. The van der Waals surface area contributed by atoms with Gasteiger partial charge in [0.2, 0.25) is 0 Å². The number of anilines is 1. The van der Waals surface area contributed by atoms with Crippen LogP contribution >= 0.6 is 0 Å². The maximum atomic E-state index is 13.3. The monoisotopic (exact) mass is 245 g/mol. The Kier molecular flexibility index (Phi) is 3.51. The van der Waals surface area contributed by atoms with E-state index in [1.807, 2.05) is 32.0 Å². The van der Waals surface area contributed by atoms with Crippen molar-refractivity contribution < 1.29 is 9.13 Å². The van der Waals surface area contributed by atoms with Gasteiger partial charge in [-0.1, -0.05) is 18.2 Å². The molecule has 94 valence electrons. The molecule has 3 heteroatoms. The van der Waals surface area contributed by atoms with E-state index in [1.54, 1.807) is 6.07 Å². The summed E-state index contributed by atoms with van der Waals surface area (Å²) in [6.07, 6.45) is 0. The molecular formula is C15H16FNO. The molecule has 0 fully saturated rings. The maximum absolute atomic E-state index is 13.3. The molecular weight excluding hydrogens is 229 g/mol. The molecule has 0 amide bonds. The lowest BCUT2D eigenvalue weighted by atomic mass is 10.0. The first-order valence-corrected chi connectivity index (χ1v) is 5.81. The lowest BCUT2D eigenvalue weighted by Crippen LogP contribution is -2.01. The van der Waals surface area contributed by atoms with Crippen LogP contribution < -0.4 is 10.5 Å². The van der Waals surface area contributed by atoms with Crippen molar-refractivity contribution in [3.05, 3.63) is 58.9 Å². The van der Waals surface area contributed by atoms with Gasteiger partial charge in [0, 0.05) is 6.07 Å². The van der Waals surface area contributed by atoms with Gasteiger partial charge in [-0.15, -0.1) is 0 Å². The standard InChI is InChI=1S/C15H16FNO/c1-10-4-3-5-11(2)13(10)9-18-12-6-7-15(17)14(16)8-12/h3-8H,9,17H2,1-2H3. The van der Waals surface area contributed by atoms with Crippen molar-refractivity contribution in [2.24, 2.45) is 0 Å². The van der Waals surface area contributed by atoms with Gasteiger partial charge in [0.05, 0.1) is 5.69 Å². The minimum Gasteiger partial charge on any atom is -0.489 e. The van der Waals surface area contributed by atoms with Crippen LogP contribution in [0.1, 0.15) is 16.7 Å². The Morgan fingerprint density at radius 2 is 1.78 bits per heavy atom. The van der Waals surface area contributed by atoms with Gasteiger partial charge < -0.3 is 10.5 Å². The zero-order valence-corrected chi connectivity index (χ0v) is 10.5. The number of halogens is 1. The number of hydrogen-bond donors (Lipinski definition) is 1. The van der Waals surface area contributed by atoms with Gasteiger partial charge in [-0.3, -0.25) is 0 Å². The summed E-state index contributed by atoms with van der Waals surface area (Å²) in [6.45, 7) is 4.51. The number of ether oxygens (including phenoxy) is 1. The van der Waals surface area contributed by atoms with E-state index < -0.39 is 5.82 Å². The number of nitrogens with two attached hydrogens (primary N) is 1. The Morgan fingerprint density at radius 3 is 2.39 bits per heavy atom. The molecule has 0 atom stereocenters. The summed E-state index contributed by atoms with van der Waals surface area (Å²) >= 11 is 0. The van der Waals surface area contributed by atoms with Crippen molar-refractivity contribution in [3.8, 4) is 5.75 Å². The van der Waals surface area contributed by atoms with E-state index in [9.17, 15) is 4.39 Å². The Balaban J connectivity index is 2.14. The first kappa shape index (κ1) is 12.4. The summed E-state index contributed by atoms with van der Waals surface area (Å²) < 4.78 is 18.9. The summed E-state index contributed by atoms with van der Waals surface area (Å²) in [4.78, 5) is 0. The molecule has 0 saturated heterocycles. The lowest BCUT2D eigenvalue weighted by molar-refractivity contribution is 0.303. The highest BCUT2D eigenvalue weighted by Gasteiger charge is 2.05. The summed E-state index contributed by atoms with van der Waals surface area (Å²) in [6, 6.07) is 10.6. The first-order valence-electron chi connectivity index (χ1n) is 5.81. The predicted octanol–water partition coefficient (Wildman–Crippen LogP) is 3.60. The van der Waals surface area contributed by atoms with Crippen molar-refractivity contribution >= 4 is 5.69 Å². The van der Waals surface area contributed by atoms with E-state index in [0.29, 0.717) is 12.4 Å². The molecule has 2 rings (SSSR count). The van der Waals surface area contributed by atoms with Crippen LogP contribution in [0.4, 0.5) is 10.1 Å². The Morgan fingerprint density at radius 1 is 1.11 bits per heavy atom. The third-order valence-electron chi connectivity index (χ3n) is 3.00. The van der Waals surface area contributed by atoms with Crippen LogP contribution in [0.3, 0.4) is 0 Å². The number of nitrogen functional groups attached to an aromatic ring is 1. The van der Waals surface area contributed by atoms with Crippen LogP contribution in [0.5, 0.6) is 5.75 Å². The molecule has 2 aromatic carbocycles. The van der Waals surface area contributed by atoms with E-state index in [1.165, 1.54) is 23.3 Å². The van der Waals surface area contributed by atoms with Crippen molar-refractivity contribution in [1.29, 1.82) is 0 Å². The minimum absolute atomic E-state index is 0.134. The summed E-state index contributed by atoms with van der Waals surface area (Å²) in [7, 11) is 0. The molecule has 2 aromatic rings. The van der Waals surface area contributed by atoms with Crippen LogP contribution in [0.15, 0.2) is 36.4 Å². The fraction of sp³-hybridized carbons (Fsp3) is 0.200. The molecule has 0 heterocycles. The van der Waals surface area contributed by atoms with Gasteiger partial charge in [0.25, 0.3) is 0 Å². The average Bonchev–Trinajstić information content (AvgIpc) is 2.33. The topological polar surface area (TPSA) is 35.2 Å². The summed E-state index contributed by atoms with van der Waals surface area (Å²) in [5.74, 6) is 0.0401. The van der Waals surface area contributed by atoms with Gasteiger partial charge in [0.1, 0.15) is 18.2 Å². The van der Waals surface area contributed by atoms with Crippen LogP contribution in [0.25, 0.3) is 0 Å². The Labute approximate surface area is 106 Å². The Bertz CT molecular complexity index is 546. The van der Waals surface area contributed by atoms with Crippen molar-refractivity contribution in [3.63, 3.8) is 0 Å². The molecule has 2 nitrogen and oxygen atoms in total. The smallest absolute Gasteiger partial charge is 0.149 e. The highest BCUT2D eigenvalue weighted by molar-refractivity contribution is 5.43. The van der Waals surface area contributed by atoms with E-state index >= 15 is 0 Å². The van der Waals surface area contributed by atoms with E-state index in [0.717, 1.165) is 5.56 Å². The van der Waals surface area contributed by atoms with Crippen LogP contribution in [-0.2, 0) is 6.61 Å². The van der Waals surface area contributed by atoms with Crippen LogP contribution in [0.2, 0.25) is 0 Å². The third kappa shape index (κ3) is 2.62. The first-order chi connectivity index (χ1) is 8.58. The Hall–Kier alpha value is -2.03. The zero-order chi connectivity index (χ0) is 13.1. The molecule has 0 bridgehead atoms. The normalized spacial score (nSPS) is 10.4. The molecule has 0 saturated carbocycles. The molecule has 0 aliphatic heterocycles. The largest absolute Gasteiger partial charge is 0.489 e. The molecule has 0 unspecified atom stereocenters. The van der Waals surface area contributed by atoms with Gasteiger partial charge >= 0.3 is 0 Å². The second-order valence-electron chi connectivity index (χ2n) is 4.34. The van der Waals surface area contributed by atoms with Gasteiger partial charge in [-0.2, -0.15) is 0 Å². The second-order valence-corrected chi connectivity index (χ2v) is 4.34. The number of benzene rings is 2. The second kappa shape index (κ2) is 5.08. The quantitative estimate of drug-likeness (QED) is 0.838. The molecule has 0 aromatic heterocycles. The van der Waals surface area contributed by atoms with E-state index in [-0.39, 0.29) is 5.69 Å². The molecule has 2 N–H and O–H groups in total. The number of rotatable bonds is 3. The van der Waals surface area contributed by atoms with Gasteiger partial charge in [-0.05, 0) is 42.7 Å². The maximum Gasteiger partial charge on any atom is 0.149 e. The van der Waals surface area contributed by atoms with Crippen molar-refractivity contribution in [2.75, 3.05) is 5.73 Å². The number of aryl methyl sites for hydroxylation is 2. The molecule has 18 heavy (non-hydrogen) atoms. The zero-order valence-electron chi connectivity index (χ0n) is 10.5. The lowest BCUT2D eigenvalue weighted by Gasteiger charge is -2.11. The van der Waals surface area contributed by atoms with Gasteiger partial charge in [0.15, 0.2) is 0 Å². The highest BCUT2D eigenvalue weighted by Crippen LogP contribution is 2.21. The third-order valence-corrected chi connectivity index (χ3v) is 3.00.